The predicted molar refractivity (Wildman–Crippen MR) is 113 cm³/mol. The quantitative estimate of drug-likeness (QED) is 0.631. The summed E-state index contributed by atoms with van der Waals surface area (Å²) in [7, 11) is 0. The summed E-state index contributed by atoms with van der Waals surface area (Å²) in [5, 5.41) is 8.46. The summed E-state index contributed by atoms with van der Waals surface area (Å²) in [6, 6.07) is 15.0. The molecule has 0 unspecified atom stereocenters. The maximum absolute atomic E-state index is 12.3. The molecule has 0 radical (unpaired) electrons. The minimum absolute atomic E-state index is 0.0824. The van der Waals surface area contributed by atoms with E-state index in [4.69, 9.17) is 0 Å². The Bertz CT molecular complexity index is 743. The molecule has 2 rings (SSSR count). The van der Waals surface area contributed by atoms with Crippen LogP contribution >= 0.6 is 11.8 Å². The molecule has 2 aromatic rings. The number of carbonyl (C=O) groups is 2. The van der Waals surface area contributed by atoms with E-state index in [-0.39, 0.29) is 18.0 Å². The number of benzene rings is 2. The molecule has 0 saturated heterocycles. The molecule has 0 spiro atoms. The van der Waals surface area contributed by atoms with Crippen LogP contribution in [0.3, 0.4) is 0 Å². The highest BCUT2D eigenvalue weighted by Gasteiger charge is 2.06. The van der Waals surface area contributed by atoms with Gasteiger partial charge in [0.05, 0.1) is 0 Å². The molecule has 0 heterocycles. The lowest BCUT2D eigenvalue weighted by Crippen LogP contribution is -2.34. The number of nitrogens with one attached hydrogen (secondary N) is 3. The molecule has 0 aliphatic rings. The van der Waals surface area contributed by atoms with Gasteiger partial charge in [-0.15, -0.1) is 0 Å². The van der Waals surface area contributed by atoms with Crippen molar-refractivity contribution in [1.82, 2.24) is 10.6 Å². The van der Waals surface area contributed by atoms with E-state index in [9.17, 15) is 9.59 Å². The second kappa shape index (κ2) is 10.6. The van der Waals surface area contributed by atoms with Crippen molar-refractivity contribution in [3.05, 3.63) is 65.2 Å². The first kappa shape index (κ1) is 20.8. The van der Waals surface area contributed by atoms with Crippen molar-refractivity contribution in [3.63, 3.8) is 0 Å². The second-order valence-corrected chi connectivity index (χ2v) is 7.74. The molecule has 0 aromatic heterocycles. The molecule has 6 heteroatoms. The highest BCUT2D eigenvalue weighted by Crippen LogP contribution is 2.13. The number of thioether (sulfide) groups is 1. The van der Waals surface area contributed by atoms with Crippen LogP contribution in [0.1, 0.15) is 42.3 Å². The zero-order valence-electron chi connectivity index (χ0n) is 16.0. The van der Waals surface area contributed by atoms with Gasteiger partial charge in [-0.25, -0.2) is 4.79 Å². The van der Waals surface area contributed by atoms with Crippen molar-refractivity contribution in [1.29, 1.82) is 0 Å². The van der Waals surface area contributed by atoms with Gasteiger partial charge in [-0.05, 0) is 55.0 Å². The van der Waals surface area contributed by atoms with Gasteiger partial charge in [-0.3, -0.25) is 4.79 Å². The Labute approximate surface area is 165 Å². The Balaban J connectivity index is 1.83. The zero-order valence-corrected chi connectivity index (χ0v) is 16.9. The first-order valence-corrected chi connectivity index (χ1v) is 10.2. The summed E-state index contributed by atoms with van der Waals surface area (Å²) in [4.78, 5) is 24.0. The van der Waals surface area contributed by atoms with Crippen molar-refractivity contribution in [2.24, 2.45) is 0 Å². The fraction of sp³-hybridized carbons (Fsp3) is 0.333. The van der Waals surface area contributed by atoms with E-state index in [2.05, 4.69) is 22.9 Å². The molecule has 27 heavy (non-hydrogen) atoms. The molecule has 144 valence electrons. The lowest BCUT2D eigenvalue weighted by Gasteiger charge is -2.11. The van der Waals surface area contributed by atoms with E-state index in [1.54, 1.807) is 0 Å². The van der Waals surface area contributed by atoms with Crippen molar-refractivity contribution >= 4 is 29.4 Å². The highest BCUT2D eigenvalue weighted by molar-refractivity contribution is 7.98. The number of anilines is 1. The molecule has 0 fully saturated rings. The van der Waals surface area contributed by atoms with Crippen LogP contribution in [-0.2, 0) is 12.3 Å². The Kier molecular flexibility index (Phi) is 8.20. The second-order valence-electron chi connectivity index (χ2n) is 6.47. The maximum atomic E-state index is 12.3. The van der Waals surface area contributed by atoms with Crippen LogP contribution in [0, 0.1) is 0 Å². The first-order chi connectivity index (χ1) is 13.0. The Morgan fingerprint density at radius 3 is 2.19 bits per heavy atom. The summed E-state index contributed by atoms with van der Waals surface area (Å²) in [6.45, 7) is 6.38. The van der Waals surface area contributed by atoms with Crippen LogP contribution in [0.2, 0.25) is 0 Å². The van der Waals surface area contributed by atoms with E-state index in [0.29, 0.717) is 17.8 Å². The highest BCUT2D eigenvalue weighted by atomic mass is 32.2. The first-order valence-electron chi connectivity index (χ1n) is 9.09. The number of hydrogen-bond donors (Lipinski definition) is 3. The summed E-state index contributed by atoms with van der Waals surface area (Å²) < 4.78 is 0. The van der Waals surface area contributed by atoms with Gasteiger partial charge < -0.3 is 16.0 Å². The standard InChI is InChI=1S/C21H27N3O2S/c1-4-27-14-17-5-9-18(10-6-17)20(25)22-13-16-7-11-19(12-8-16)24-21(26)23-15(2)3/h5-12,15H,4,13-14H2,1-3H3,(H,22,25)(H2,23,24,26). The third-order valence-electron chi connectivity index (χ3n) is 3.77. The fourth-order valence-corrected chi connectivity index (χ4v) is 3.02. The van der Waals surface area contributed by atoms with Gasteiger partial charge in [0.25, 0.3) is 5.91 Å². The third kappa shape index (κ3) is 7.35. The van der Waals surface area contributed by atoms with Crippen molar-refractivity contribution in [2.75, 3.05) is 11.1 Å². The van der Waals surface area contributed by atoms with Gasteiger partial charge in [-0.2, -0.15) is 11.8 Å². The normalized spacial score (nSPS) is 10.5. The molecule has 3 amide bonds. The van der Waals surface area contributed by atoms with Crippen molar-refractivity contribution < 1.29 is 9.59 Å². The van der Waals surface area contributed by atoms with Crippen LogP contribution < -0.4 is 16.0 Å². The summed E-state index contributed by atoms with van der Waals surface area (Å²) >= 11 is 1.86. The molecule has 0 saturated carbocycles. The Morgan fingerprint density at radius 1 is 0.963 bits per heavy atom. The topological polar surface area (TPSA) is 70.2 Å². The van der Waals surface area contributed by atoms with Gasteiger partial charge in [0.15, 0.2) is 0 Å². The molecule has 3 N–H and O–H groups in total. The Morgan fingerprint density at radius 2 is 1.59 bits per heavy atom. The van der Waals surface area contributed by atoms with E-state index in [0.717, 1.165) is 17.1 Å². The van der Waals surface area contributed by atoms with Crippen LogP contribution in [0.5, 0.6) is 0 Å². The van der Waals surface area contributed by atoms with Gasteiger partial charge in [-0.1, -0.05) is 31.2 Å². The lowest BCUT2D eigenvalue weighted by molar-refractivity contribution is 0.0951. The molecule has 0 aliphatic heterocycles. The number of hydrogen-bond acceptors (Lipinski definition) is 3. The maximum Gasteiger partial charge on any atom is 0.319 e. The molecule has 5 nitrogen and oxygen atoms in total. The lowest BCUT2D eigenvalue weighted by atomic mass is 10.1. The van der Waals surface area contributed by atoms with E-state index in [1.807, 2.05) is 74.1 Å². The third-order valence-corrected chi connectivity index (χ3v) is 4.72. The van der Waals surface area contributed by atoms with Crippen molar-refractivity contribution in [3.8, 4) is 0 Å². The summed E-state index contributed by atoms with van der Waals surface area (Å²) in [6.07, 6.45) is 0. The molecule has 2 aromatic carbocycles. The van der Waals surface area contributed by atoms with Gasteiger partial charge in [0.1, 0.15) is 0 Å². The van der Waals surface area contributed by atoms with Gasteiger partial charge >= 0.3 is 6.03 Å². The smallest absolute Gasteiger partial charge is 0.319 e. The number of carbonyl (C=O) groups excluding carboxylic acids is 2. The molecule has 0 atom stereocenters. The average Bonchev–Trinajstić information content (AvgIpc) is 2.65. The predicted octanol–water partition coefficient (Wildman–Crippen LogP) is 4.40. The number of amides is 3. The fourth-order valence-electron chi connectivity index (χ4n) is 2.39. The minimum Gasteiger partial charge on any atom is -0.348 e. The van der Waals surface area contributed by atoms with E-state index < -0.39 is 0 Å². The van der Waals surface area contributed by atoms with Crippen LogP contribution in [0.4, 0.5) is 10.5 Å². The largest absolute Gasteiger partial charge is 0.348 e. The van der Waals surface area contributed by atoms with Crippen molar-refractivity contribution in [2.45, 2.75) is 39.1 Å². The van der Waals surface area contributed by atoms with E-state index in [1.165, 1.54) is 5.56 Å². The summed E-state index contributed by atoms with van der Waals surface area (Å²) in [5.74, 6) is 1.95. The van der Waals surface area contributed by atoms with Crippen LogP contribution in [0.25, 0.3) is 0 Å². The average molecular weight is 386 g/mol. The van der Waals surface area contributed by atoms with E-state index >= 15 is 0 Å². The molecule has 0 bridgehead atoms. The van der Waals surface area contributed by atoms with Crippen LogP contribution in [0.15, 0.2) is 48.5 Å². The minimum atomic E-state index is -0.230. The monoisotopic (exact) mass is 385 g/mol. The number of urea groups is 1. The molecule has 0 aliphatic carbocycles. The van der Waals surface area contributed by atoms with Crippen LogP contribution in [-0.4, -0.2) is 23.7 Å². The number of rotatable bonds is 8. The zero-order chi connectivity index (χ0) is 19.6. The molecular weight excluding hydrogens is 358 g/mol. The Hall–Kier alpha value is -2.47. The summed E-state index contributed by atoms with van der Waals surface area (Å²) in [5.41, 5.74) is 3.56. The molecular formula is C21H27N3O2S. The van der Waals surface area contributed by atoms with Gasteiger partial charge in [0, 0.05) is 29.6 Å². The van der Waals surface area contributed by atoms with Gasteiger partial charge in [0.2, 0.25) is 0 Å². The SMILES string of the molecule is CCSCc1ccc(C(=O)NCc2ccc(NC(=O)NC(C)C)cc2)cc1.